The molecule has 8 heteroatoms. The minimum absolute atomic E-state index is 0.0418. The molecule has 0 radical (unpaired) electrons. The highest BCUT2D eigenvalue weighted by atomic mass is 79.9. The van der Waals surface area contributed by atoms with Gasteiger partial charge in [-0.1, -0.05) is 15.9 Å². The molecular weight excluding hydrogens is 348 g/mol. The van der Waals surface area contributed by atoms with Crippen molar-refractivity contribution in [2.45, 2.75) is 6.92 Å². The van der Waals surface area contributed by atoms with Crippen molar-refractivity contribution < 1.29 is 14.8 Å². The van der Waals surface area contributed by atoms with E-state index in [9.17, 15) is 14.9 Å². The number of halogens is 1. The van der Waals surface area contributed by atoms with E-state index in [1.54, 1.807) is 13.0 Å². The summed E-state index contributed by atoms with van der Waals surface area (Å²) in [7, 11) is 0. The molecule has 0 saturated carbocycles. The molecule has 1 heterocycles. The zero-order valence-corrected chi connectivity index (χ0v) is 12.6. The number of nitro groups is 1. The fraction of sp³-hybridized carbons (Fsp3) is 0.0833. The molecule has 104 valence electrons. The topological polar surface area (TPSA) is 106 Å². The van der Waals surface area contributed by atoms with Crippen molar-refractivity contribution in [2.75, 3.05) is 5.73 Å². The average Bonchev–Trinajstić information content (AvgIpc) is 2.65. The van der Waals surface area contributed by atoms with Crippen LogP contribution in [0.3, 0.4) is 0 Å². The van der Waals surface area contributed by atoms with Crippen LogP contribution < -0.4 is 5.73 Å². The van der Waals surface area contributed by atoms with Crippen LogP contribution >= 0.6 is 27.3 Å². The molecule has 0 spiro atoms. The van der Waals surface area contributed by atoms with E-state index in [1.807, 2.05) is 0 Å². The van der Waals surface area contributed by atoms with Crippen LogP contribution in [0.15, 0.2) is 22.7 Å². The minimum atomic E-state index is -1.11. The van der Waals surface area contributed by atoms with Gasteiger partial charge in [-0.05, 0) is 24.1 Å². The second kappa shape index (κ2) is 5.22. The highest BCUT2D eigenvalue weighted by Gasteiger charge is 2.20. The van der Waals surface area contributed by atoms with Crippen LogP contribution in [0.4, 0.5) is 11.4 Å². The zero-order chi connectivity index (χ0) is 15.0. The zero-order valence-electron chi connectivity index (χ0n) is 10.2. The number of hydrogen-bond donors (Lipinski definition) is 2. The third-order valence-corrected chi connectivity index (χ3v) is 4.55. The molecule has 0 amide bonds. The Bertz CT molecular complexity index is 726. The van der Waals surface area contributed by atoms with Crippen LogP contribution in [0.5, 0.6) is 0 Å². The van der Waals surface area contributed by atoms with Crippen LogP contribution in [0.2, 0.25) is 0 Å². The molecule has 1 aromatic heterocycles. The highest BCUT2D eigenvalue weighted by Crippen LogP contribution is 2.40. The number of nitrogens with zero attached hydrogens (tertiary/aromatic N) is 1. The van der Waals surface area contributed by atoms with Gasteiger partial charge < -0.3 is 10.8 Å². The molecule has 0 saturated heterocycles. The van der Waals surface area contributed by atoms with E-state index in [1.165, 1.54) is 12.1 Å². The number of benzene rings is 1. The third kappa shape index (κ3) is 2.52. The quantitative estimate of drug-likeness (QED) is 0.644. The minimum Gasteiger partial charge on any atom is -0.477 e. The second-order valence-corrected chi connectivity index (χ2v) is 6.00. The van der Waals surface area contributed by atoms with E-state index in [0.717, 1.165) is 11.3 Å². The molecule has 0 bridgehead atoms. The number of nitro benzene ring substituents is 1. The normalized spacial score (nSPS) is 10.5. The number of carboxylic acids is 1. The summed E-state index contributed by atoms with van der Waals surface area (Å²) in [4.78, 5) is 22.1. The number of hydrogen-bond acceptors (Lipinski definition) is 5. The Kier molecular flexibility index (Phi) is 3.78. The smallest absolute Gasteiger partial charge is 0.348 e. The van der Waals surface area contributed by atoms with Crippen molar-refractivity contribution in [1.29, 1.82) is 0 Å². The lowest BCUT2D eigenvalue weighted by Crippen LogP contribution is -1.97. The van der Waals surface area contributed by atoms with Gasteiger partial charge in [-0.15, -0.1) is 11.3 Å². The van der Waals surface area contributed by atoms with Crippen LogP contribution in [0, 0.1) is 17.0 Å². The first-order valence-electron chi connectivity index (χ1n) is 5.38. The molecule has 20 heavy (non-hydrogen) atoms. The van der Waals surface area contributed by atoms with Gasteiger partial charge in [0.25, 0.3) is 5.69 Å². The van der Waals surface area contributed by atoms with Crippen LogP contribution in [-0.4, -0.2) is 16.0 Å². The maximum absolute atomic E-state index is 11.1. The lowest BCUT2D eigenvalue weighted by molar-refractivity contribution is -0.384. The second-order valence-electron chi connectivity index (χ2n) is 4.06. The van der Waals surface area contributed by atoms with Crippen molar-refractivity contribution in [3.05, 3.63) is 43.2 Å². The maximum Gasteiger partial charge on any atom is 0.348 e. The summed E-state index contributed by atoms with van der Waals surface area (Å²) in [5, 5.41) is 19.9. The monoisotopic (exact) mass is 356 g/mol. The molecule has 6 nitrogen and oxygen atoms in total. The number of carbonyl (C=O) groups is 1. The van der Waals surface area contributed by atoms with Gasteiger partial charge in [-0.25, -0.2) is 4.79 Å². The van der Waals surface area contributed by atoms with E-state index in [0.29, 0.717) is 20.5 Å². The number of anilines is 1. The Morgan fingerprint density at radius 2 is 2.10 bits per heavy atom. The van der Waals surface area contributed by atoms with Crippen molar-refractivity contribution in [3.8, 4) is 10.4 Å². The molecule has 0 aliphatic rings. The van der Waals surface area contributed by atoms with E-state index >= 15 is 0 Å². The number of carboxylic acid groups (broad SMARTS) is 1. The SMILES string of the molecule is Cc1c(-c2cc(Br)cc([N+](=O)[O-])c2)sc(C(=O)O)c1N. The molecule has 0 aliphatic heterocycles. The number of aromatic carboxylic acids is 1. The van der Waals surface area contributed by atoms with Crippen LogP contribution in [0.25, 0.3) is 10.4 Å². The summed E-state index contributed by atoms with van der Waals surface area (Å²) in [6, 6.07) is 4.47. The molecule has 2 rings (SSSR count). The Morgan fingerprint density at radius 3 is 2.60 bits per heavy atom. The number of rotatable bonds is 3. The van der Waals surface area contributed by atoms with Gasteiger partial charge in [0.2, 0.25) is 0 Å². The van der Waals surface area contributed by atoms with Gasteiger partial charge in [0.15, 0.2) is 0 Å². The molecule has 1 aromatic carbocycles. The molecule has 3 N–H and O–H groups in total. The Hall–Kier alpha value is -1.93. The number of nitrogen functional groups attached to an aromatic ring is 1. The van der Waals surface area contributed by atoms with E-state index in [4.69, 9.17) is 10.8 Å². The molecule has 2 aromatic rings. The van der Waals surface area contributed by atoms with Crippen molar-refractivity contribution in [2.24, 2.45) is 0 Å². The molecule has 0 unspecified atom stereocenters. The fourth-order valence-corrected chi connectivity index (χ4v) is 3.31. The molecular formula is C12H9BrN2O4S. The summed E-state index contributed by atoms with van der Waals surface area (Å²) in [5.74, 6) is -1.11. The summed E-state index contributed by atoms with van der Waals surface area (Å²) < 4.78 is 0.546. The standard InChI is InChI=1S/C12H9BrN2O4S/c1-5-9(14)11(12(16)17)20-10(5)6-2-7(13)4-8(3-6)15(18)19/h2-4H,14H2,1H3,(H,16,17). The molecule has 0 fully saturated rings. The van der Waals surface area contributed by atoms with Crippen molar-refractivity contribution >= 4 is 44.6 Å². The predicted molar refractivity (Wildman–Crippen MR) is 80.2 cm³/mol. The Morgan fingerprint density at radius 1 is 1.45 bits per heavy atom. The fourth-order valence-electron chi connectivity index (χ4n) is 1.77. The lowest BCUT2D eigenvalue weighted by Gasteiger charge is -2.02. The summed E-state index contributed by atoms with van der Waals surface area (Å²) >= 11 is 4.22. The highest BCUT2D eigenvalue weighted by molar-refractivity contribution is 9.10. The van der Waals surface area contributed by atoms with Gasteiger partial charge in [-0.2, -0.15) is 0 Å². The first kappa shape index (κ1) is 14.5. The van der Waals surface area contributed by atoms with E-state index < -0.39 is 10.9 Å². The number of thiophene rings is 1. The summed E-state index contributed by atoms with van der Waals surface area (Å²) in [6.07, 6.45) is 0. The van der Waals surface area contributed by atoms with E-state index in [2.05, 4.69) is 15.9 Å². The lowest BCUT2D eigenvalue weighted by atomic mass is 10.1. The first-order valence-corrected chi connectivity index (χ1v) is 6.99. The average molecular weight is 357 g/mol. The predicted octanol–water partition coefficient (Wildman–Crippen LogP) is 3.67. The van der Waals surface area contributed by atoms with Gasteiger partial charge in [-0.3, -0.25) is 10.1 Å². The largest absolute Gasteiger partial charge is 0.477 e. The van der Waals surface area contributed by atoms with Gasteiger partial charge in [0, 0.05) is 21.5 Å². The summed E-state index contributed by atoms with van der Waals surface area (Å²) in [6.45, 7) is 1.69. The maximum atomic E-state index is 11.1. The Balaban J connectivity index is 2.66. The Labute approximate surface area is 126 Å². The molecule has 0 atom stereocenters. The van der Waals surface area contributed by atoms with E-state index in [-0.39, 0.29) is 16.3 Å². The van der Waals surface area contributed by atoms with Crippen LogP contribution in [-0.2, 0) is 0 Å². The van der Waals surface area contributed by atoms with Gasteiger partial charge >= 0.3 is 5.97 Å². The van der Waals surface area contributed by atoms with Gasteiger partial charge in [0.1, 0.15) is 4.88 Å². The van der Waals surface area contributed by atoms with Crippen molar-refractivity contribution in [3.63, 3.8) is 0 Å². The summed E-state index contributed by atoms with van der Waals surface area (Å²) in [5.41, 5.74) is 7.06. The molecule has 0 aliphatic carbocycles. The third-order valence-electron chi connectivity index (χ3n) is 2.74. The van der Waals surface area contributed by atoms with Gasteiger partial charge in [0.05, 0.1) is 10.6 Å². The first-order chi connectivity index (χ1) is 9.31. The van der Waals surface area contributed by atoms with Crippen LogP contribution in [0.1, 0.15) is 15.2 Å². The van der Waals surface area contributed by atoms with Crippen molar-refractivity contribution in [1.82, 2.24) is 0 Å². The number of non-ortho nitro benzene ring substituents is 1. The number of nitrogens with two attached hydrogens (primary N) is 1.